The van der Waals surface area contributed by atoms with E-state index in [0.29, 0.717) is 13.2 Å². The second kappa shape index (κ2) is 8.41. The average Bonchev–Trinajstić information content (AvgIpc) is 2.63. The fraction of sp³-hybridized carbons (Fsp3) is 0.333. The van der Waals surface area contributed by atoms with Crippen molar-refractivity contribution in [2.75, 3.05) is 19.8 Å². The Morgan fingerprint density at radius 3 is 2.48 bits per heavy atom. The van der Waals surface area contributed by atoms with E-state index >= 15 is 0 Å². The minimum Gasteiger partial charge on any atom is -0.490 e. The fourth-order valence-electron chi connectivity index (χ4n) is 3.14. The van der Waals surface area contributed by atoms with Crippen LogP contribution in [-0.2, 0) is 6.42 Å². The first kappa shape index (κ1) is 17.8. The van der Waals surface area contributed by atoms with Crippen LogP contribution in [-0.4, -0.2) is 19.8 Å². The van der Waals surface area contributed by atoms with Gasteiger partial charge in [-0.25, -0.2) is 0 Å². The number of hydrogen-bond donors (Lipinski definition) is 1. The highest BCUT2D eigenvalue weighted by atomic mass is 35.5. The van der Waals surface area contributed by atoms with Crippen LogP contribution in [0.2, 0.25) is 0 Å². The summed E-state index contributed by atoms with van der Waals surface area (Å²) in [5.41, 5.74) is 3.52. The largest absolute Gasteiger partial charge is 0.490 e. The van der Waals surface area contributed by atoms with Crippen LogP contribution in [0.4, 0.5) is 0 Å². The lowest BCUT2D eigenvalue weighted by atomic mass is 9.92. The van der Waals surface area contributed by atoms with Gasteiger partial charge in [-0.15, -0.1) is 0 Å². The number of nitrogens with one attached hydrogen (secondary N) is 1. The fourth-order valence-corrected chi connectivity index (χ4v) is 3.46. The Hall–Kier alpha value is -1.97. The molecular formula is C21H24ClNO2. The smallest absolute Gasteiger partial charge is 0.161 e. The third-order valence-electron chi connectivity index (χ3n) is 4.24. The standard InChI is InChI=1S/C21H24ClNO2/c1-3-24-19-13-16-10-11-23-21(17(16)14-20(19)25-4-2)18(22)12-15-8-6-5-7-9-15/h5-9,12-14,21,23H,3-4,10-11H2,1-2H3/b18-12-/t21-/m0/s1. The first-order valence-corrected chi connectivity index (χ1v) is 9.18. The van der Waals surface area contributed by atoms with Crippen LogP contribution in [0, 0.1) is 0 Å². The van der Waals surface area contributed by atoms with Crippen LogP contribution in [0.15, 0.2) is 47.5 Å². The molecule has 1 heterocycles. The van der Waals surface area contributed by atoms with Gasteiger partial charge >= 0.3 is 0 Å². The lowest BCUT2D eigenvalue weighted by molar-refractivity contribution is 0.286. The topological polar surface area (TPSA) is 30.5 Å². The summed E-state index contributed by atoms with van der Waals surface area (Å²) < 4.78 is 11.5. The molecule has 1 aliphatic heterocycles. The Morgan fingerprint density at radius 1 is 1.12 bits per heavy atom. The minimum atomic E-state index is -0.0273. The maximum Gasteiger partial charge on any atom is 0.161 e. The van der Waals surface area contributed by atoms with Crippen LogP contribution < -0.4 is 14.8 Å². The quantitative estimate of drug-likeness (QED) is 0.793. The van der Waals surface area contributed by atoms with Crippen molar-refractivity contribution >= 4 is 17.7 Å². The van der Waals surface area contributed by atoms with Crippen molar-refractivity contribution in [3.05, 3.63) is 64.2 Å². The monoisotopic (exact) mass is 357 g/mol. The number of hydrogen-bond acceptors (Lipinski definition) is 3. The molecule has 1 aliphatic rings. The molecular weight excluding hydrogens is 334 g/mol. The summed E-state index contributed by atoms with van der Waals surface area (Å²) in [5.74, 6) is 1.59. The van der Waals surface area contributed by atoms with E-state index < -0.39 is 0 Å². The van der Waals surface area contributed by atoms with Gasteiger partial charge in [-0.1, -0.05) is 41.9 Å². The molecule has 0 unspecified atom stereocenters. The van der Waals surface area contributed by atoms with E-state index in [1.165, 1.54) is 5.56 Å². The maximum absolute atomic E-state index is 6.68. The van der Waals surface area contributed by atoms with Gasteiger partial charge in [0.2, 0.25) is 0 Å². The van der Waals surface area contributed by atoms with Gasteiger partial charge in [-0.3, -0.25) is 0 Å². The second-order valence-corrected chi connectivity index (χ2v) is 6.38. The normalized spacial score (nSPS) is 17.1. The van der Waals surface area contributed by atoms with Gasteiger partial charge in [0.05, 0.1) is 19.3 Å². The van der Waals surface area contributed by atoms with Crippen molar-refractivity contribution in [3.63, 3.8) is 0 Å². The molecule has 4 heteroatoms. The van der Waals surface area contributed by atoms with Gasteiger partial charge in [-0.05, 0) is 55.2 Å². The van der Waals surface area contributed by atoms with E-state index in [-0.39, 0.29) is 6.04 Å². The molecule has 132 valence electrons. The lowest BCUT2D eigenvalue weighted by Gasteiger charge is -2.28. The highest BCUT2D eigenvalue weighted by Gasteiger charge is 2.25. The third-order valence-corrected chi connectivity index (χ3v) is 4.57. The van der Waals surface area contributed by atoms with Crippen LogP contribution >= 0.6 is 11.6 Å². The molecule has 0 saturated heterocycles. The number of halogens is 1. The molecule has 0 radical (unpaired) electrons. The van der Waals surface area contributed by atoms with Crippen LogP contribution in [0.1, 0.15) is 36.6 Å². The summed E-state index contributed by atoms with van der Waals surface area (Å²) >= 11 is 6.68. The molecule has 0 aliphatic carbocycles. The third kappa shape index (κ3) is 4.17. The zero-order valence-corrected chi connectivity index (χ0v) is 15.5. The Balaban J connectivity index is 1.97. The molecule has 3 rings (SSSR count). The summed E-state index contributed by atoms with van der Waals surface area (Å²) in [5, 5.41) is 4.30. The minimum absolute atomic E-state index is 0.0273. The highest BCUT2D eigenvalue weighted by Crippen LogP contribution is 2.39. The molecule has 0 saturated carbocycles. The SMILES string of the molecule is CCOc1cc2c(cc1OCC)[C@@H](/C(Cl)=C/c1ccccc1)NCC2. The predicted octanol–water partition coefficient (Wildman–Crippen LogP) is 4.95. The molecule has 1 atom stereocenters. The number of benzene rings is 2. The van der Waals surface area contributed by atoms with Gasteiger partial charge < -0.3 is 14.8 Å². The van der Waals surface area contributed by atoms with Crippen molar-refractivity contribution in [3.8, 4) is 11.5 Å². The zero-order valence-electron chi connectivity index (χ0n) is 14.7. The number of ether oxygens (including phenoxy) is 2. The van der Waals surface area contributed by atoms with Crippen LogP contribution in [0.25, 0.3) is 6.08 Å². The summed E-state index contributed by atoms with van der Waals surface area (Å²) in [6.07, 6.45) is 2.97. The first-order chi connectivity index (χ1) is 12.2. The maximum atomic E-state index is 6.68. The van der Waals surface area contributed by atoms with Gasteiger partial charge in [0.25, 0.3) is 0 Å². The molecule has 0 bridgehead atoms. The van der Waals surface area contributed by atoms with E-state index in [9.17, 15) is 0 Å². The van der Waals surface area contributed by atoms with Gasteiger partial charge in [0.15, 0.2) is 11.5 Å². The predicted molar refractivity (Wildman–Crippen MR) is 103 cm³/mol. The lowest BCUT2D eigenvalue weighted by Crippen LogP contribution is -2.30. The van der Waals surface area contributed by atoms with E-state index in [4.69, 9.17) is 21.1 Å². The Bertz CT molecular complexity index is 743. The van der Waals surface area contributed by atoms with Crippen molar-refractivity contribution in [1.29, 1.82) is 0 Å². The molecule has 0 aromatic heterocycles. The van der Waals surface area contributed by atoms with E-state index in [2.05, 4.69) is 29.6 Å². The van der Waals surface area contributed by atoms with Gasteiger partial charge in [-0.2, -0.15) is 0 Å². The molecule has 2 aromatic carbocycles. The molecule has 1 N–H and O–H groups in total. The number of rotatable bonds is 6. The van der Waals surface area contributed by atoms with Crippen molar-refractivity contribution in [1.82, 2.24) is 5.32 Å². The van der Waals surface area contributed by atoms with Crippen molar-refractivity contribution in [2.45, 2.75) is 26.3 Å². The molecule has 0 fully saturated rings. The first-order valence-electron chi connectivity index (χ1n) is 8.80. The second-order valence-electron chi connectivity index (χ2n) is 5.94. The van der Waals surface area contributed by atoms with Crippen molar-refractivity contribution in [2.24, 2.45) is 0 Å². The molecule has 2 aromatic rings. The molecule has 0 spiro atoms. The Labute approximate surface area is 154 Å². The van der Waals surface area contributed by atoms with Crippen LogP contribution in [0.5, 0.6) is 11.5 Å². The Kier molecular flexibility index (Phi) is 6.00. The van der Waals surface area contributed by atoms with Crippen molar-refractivity contribution < 1.29 is 9.47 Å². The van der Waals surface area contributed by atoms with E-state index in [1.54, 1.807) is 0 Å². The zero-order chi connectivity index (χ0) is 17.6. The molecule has 3 nitrogen and oxygen atoms in total. The number of fused-ring (bicyclic) bond motifs is 1. The average molecular weight is 358 g/mol. The summed E-state index contributed by atoms with van der Waals surface area (Å²) in [4.78, 5) is 0. The molecule has 0 amide bonds. The molecule has 25 heavy (non-hydrogen) atoms. The highest BCUT2D eigenvalue weighted by molar-refractivity contribution is 6.32. The van der Waals surface area contributed by atoms with E-state index in [1.807, 2.05) is 38.1 Å². The van der Waals surface area contributed by atoms with E-state index in [0.717, 1.165) is 40.6 Å². The van der Waals surface area contributed by atoms with Gasteiger partial charge in [0, 0.05) is 11.6 Å². The van der Waals surface area contributed by atoms with Gasteiger partial charge in [0.1, 0.15) is 0 Å². The Morgan fingerprint density at radius 2 is 1.80 bits per heavy atom. The summed E-state index contributed by atoms with van der Waals surface area (Å²) in [7, 11) is 0. The summed E-state index contributed by atoms with van der Waals surface area (Å²) in [6.45, 7) is 6.07. The summed E-state index contributed by atoms with van der Waals surface area (Å²) in [6, 6.07) is 14.3. The van der Waals surface area contributed by atoms with Crippen LogP contribution in [0.3, 0.4) is 0 Å².